The molecule has 80 valence electrons. The van der Waals surface area contributed by atoms with E-state index in [0.29, 0.717) is 13.0 Å². The van der Waals surface area contributed by atoms with Gasteiger partial charge in [0.15, 0.2) is 0 Å². The lowest BCUT2D eigenvalue weighted by Crippen LogP contribution is -2.23. The van der Waals surface area contributed by atoms with Crippen LogP contribution in [0.1, 0.15) is 19.0 Å². The number of ether oxygens (including phenoxy) is 1. The van der Waals surface area contributed by atoms with Crippen molar-refractivity contribution in [2.75, 3.05) is 6.61 Å². The molecule has 0 radical (unpaired) electrons. The number of hydrogen-bond acceptors (Lipinski definition) is 3. The van der Waals surface area contributed by atoms with Crippen LogP contribution in [0.5, 0.6) is 0 Å². The molecule has 2 atom stereocenters. The summed E-state index contributed by atoms with van der Waals surface area (Å²) in [6, 6.07) is 5.65. The van der Waals surface area contributed by atoms with E-state index in [-0.39, 0.29) is 17.8 Å². The molecule has 0 N–H and O–H groups in total. The van der Waals surface area contributed by atoms with Gasteiger partial charge >= 0.3 is 0 Å². The van der Waals surface area contributed by atoms with Crippen LogP contribution in [0.25, 0.3) is 0 Å². The van der Waals surface area contributed by atoms with E-state index in [1.165, 1.54) is 0 Å². The Hall–Kier alpha value is -1.22. The highest BCUT2D eigenvalue weighted by atomic mass is 16.5. The maximum absolute atomic E-state index is 11.9. The number of aromatic nitrogens is 1. The predicted octanol–water partition coefficient (Wildman–Crippen LogP) is 1.62. The van der Waals surface area contributed by atoms with Crippen molar-refractivity contribution in [3.63, 3.8) is 0 Å². The van der Waals surface area contributed by atoms with Gasteiger partial charge in [-0.05, 0) is 25.5 Å². The van der Waals surface area contributed by atoms with Crippen LogP contribution in [0.3, 0.4) is 0 Å². The average Bonchev–Trinajstić information content (AvgIpc) is 2.66. The number of hydrogen-bond donors (Lipinski definition) is 0. The normalized spacial score (nSPS) is 25.4. The number of carbonyl (C=O) groups excluding carboxylic acids is 1. The van der Waals surface area contributed by atoms with Crippen LogP contribution in [0.15, 0.2) is 24.4 Å². The Kier molecular flexibility index (Phi) is 3.11. The quantitative estimate of drug-likeness (QED) is 0.752. The lowest BCUT2D eigenvalue weighted by atomic mass is 9.94. The van der Waals surface area contributed by atoms with E-state index in [1.807, 2.05) is 25.1 Å². The molecule has 1 aromatic rings. The maximum Gasteiger partial charge on any atom is 0.144 e. The van der Waals surface area contributed by atoms with Gasteiger partial charge in [-0.15, -0.1) is 0 Å². The van der Waals surface area contributed by atoms with E-state index in [2.05, 4.69) is 4.98 Å². The summed E-state index contributed by atoms with van der Waals surface area (Å²) >= 11 is 0. The van der Waals surface area contributed by atoms with E-state index >= 15 is 0 Å². The number of carbonyl (C=O) groups is 1. The molecule has 3 nitrogen and oxygen atoms in total. The van der Waals surface area contributed by atoms with Gasteiger partial charge in [0.2, 0.25) is 0 Å². The molecule has 2 unspecified atom stereocenters. The van der Waals surface area contributed by atoms with Gasteiger partial charge in [0.25, 0.3) is 0 Å². The fourth-order valence-corrected chi connectivity index (χ4v) is 1.97. The van der Waals surface area contributed by atoms with Crippen molar-refractivity contribution in [3.05, 3.63) is 30.1 Å². The molecular formula is C12H15NO2. The third-order valence-electron chi connectivity index (χ3n) is 2.87. The molecule has 1 aliphatic rings. The zero-order valence-corrected chi connectivity index (χ0v) is 8.85. The molecule has 0 aliphatic carbocycles. The maximum atomic E-state index is 11.9. The van der Waals surface area contributed by atoms with Crippen LogP contribution in [-0.4, -0.2) is 23.5 Å². The van der Waals surface area contributed by atoms with Crippen molar-refractivity contribution < 1.29 is 9.53 Å². The molecule has 0 amide bonds. The molecule has 2 heterocycles. The fraction of sp³-hybridized carbons (Fsp3) is 0.500. The molecule has 1 aliphatic heterocycles. The van der Waals surface area contributed by atoms with Gasteiger partial charge in [-0.25, -0.2) is 0 Å². The first-order chi connectivity index (χ1) is 7.27. The summed E-state index contributed by atoms with van der Waals surface area (Å²) < 4.78 is 5.38. The zero-order valence-electron chi connectivity index (χ0n) is 8.85. The molecule has 0 saturated carbocycles. The van der Waals surface area contributed by atoms with Crippen LogP contribution in [0.4, 0.5) is 0 Å². The summed E-state index contributed by atoms with van der Waals surface area (Å²) in [7, 11) is 0. The topological polar surface area (TPSA) is 39.2 Å². The monoisotopic (exact) mass is 205 g/mol. The second-order valence-electron chi connectivity index (χ2n) is 3.94. The lowest BCUT2D eigenvalue weighted by molar-refractivity contribution is -0.123. The van der Waals surface area contributed by atoms with Gasteiger partial charge in [0.05, 0.1) is 6.10 Å². The van der Waals surface area contributed by atoms with Crippen LogP contribution < -0.4 is 0 Å². The van der Waals surface area contributed by atoms with Crippen LogP contribution in [0.2, 0.25) is 0 Å². The summed E-state index contributed by atoms with van der Waals surface area (Å²) in [4.78, 5) is 16.1. The molecule has 3 heteroatoms. The van der Waals surface area contributed by atoms with Gasteiger partial charge in [-0.1, -0.05) is 6.07 Å². The van der Waals surface area contributed by atoms with Gasteiger partial charge < -0.3 is 4.74 Å². The predicted molar refractivity (Wildman–Crippen MR) is 56.5 cm³/mol. The Bertz CT molecular complexity index is 337. The fourth-order valence-electron chi connectivity index (χ4n) is 1.97. The molecule has 1 fully saturated rings. The Morgan fingerprint density at radius 2 is 2.47 bits per heavy atom. The Morgan fingerprint density at radius 1 is 1.60 bits per heavy atom. The largest absolute Gasteiger partial charge is 0.378 e. The number of ketones is 1. The minimum atomic E-state index is 0.0620. The second-order valence-corrected chi connectivity index (χ2v) is 3.94. The number of Topliss-reactive ketones (excluding diaryl/α,β-unsaturated/α-hetero) is 1. The Morgan fingerprint density at radius 3 is 3.07 bits per heavy atom. The van der Waals surface area contributed by atoms with Crippen molar-refractivity contribution in [2.45, 2.75) is 25.9 Å². The highest BCUT2D eigenvalue weighted by Gasteiger charge is 2.30. The third kappa shape index (κ3) is 2.42. The molecule has 1 aromatic heterocycles. The minimum absolute atomic E-state index is 0.0620. The van der Waals surface area contributed by atoms with E-state index < -0.39 is 0 Å². The molecule has 2 rings (SSSR count). The summed E-state index contributed by atoms with van der Waals surface area (Å²) in [6.45, 7) is 2.67. The van der Waals surface area contributed by atoms with Crippen LogP contribution >= 0.6 is 0 Å². The first-order valence-electron chi connectivity index (χ1n) is 5.31. The third-order valence-corrected chi connectivity index (χ3v) is 2.87. The molecule has 0 aromatic carbocycles. The number of pyridine rings is 1. The van der Waals surface area contributed by atoms with E-state index in [9.17, 15) is 4.79 Å². The Balaban J connectivity index is 1.98. The van der Waals surface area contributed by atoms with Gasteiger partial charge in [-0.2, -0.15) is 0 Å². The Labute approximate surface area is 89.5 Å². The first kappa shape index (κ1) is 10.3. The minimum Gasteiger partial charge on any atom is -0.378 e. The number of rotatable bonds is 3. The molecule has 0 bridgehead atoms. The highest BCUT2D eigenvalue weighted by molar-refractivity contribution is 5.83. The first-order valence-corrected chi connectivity index (χ1v) is 5.31. The molecular weight excluding hydrogens is 190 g/mol. The van der Waals surface area contributed by atoms with Crippen LogP contribution in [0, 0.1) is 5.92 Å². The SMILES string of the molecule is CC1OCCC1C(=O)Cc1ccccn1. The van der Waals surface area contributed by atoms with E-state index in [1.54, 1.807) is 6.20 Å². The lowest BCUT2D eigenvalue weighted by Gasteiger charge is -2.11. The van der Waals surface area contributed by atoms with Crippen molar-refractivity contribution in [1.82, 2.24) is 4.98 Å². The summed E-state index contributed by atoms with van der Waals surface area (Å²) in [5.41, 5.74) is 0.849. The highest BCUT2D eigenvalue weighted by Crippen LogP contribution is 2.22. The summed E-state index contributed by atoms with van der Waals surface area (Å²) in [5.74, 6) is 0.311. The smallest absolute Gasteiger partial charge is 0.144 e. The van der Waals surface area contributed by atoms with Crippen molar-refractivity contribution >= 4 is 5.78 Å². The van der Waals surface area contributed by atoms with Crippen molar-refractivity contribution in [2.24, 2.45) is 5.92 Å². The summed E-state index contributed by atoms with van der Waals surface area (Å²) in [6.07, 6.45) is 3.07. The summed E-state index contributed by atoms with van der Waals surface area (Å²) in [5, 5.41) is 0. The molecule has 1 saturated heterocycles. The van der Waals surface area contributed by atoms with Gasteiger partial charge in [0.1, 0.15) is 5.78 Å². The molecule has 15 heavy (non-hydrogen) atoms. The van der Waals surface area contributed by atoms with Crippen molar-refractivity contribution in [3.8, 4) is 0 Å². The standard InChI is InChI=1S/C12H15NO2/c1-9-11(5-7-15-9)12(14)8-10-4-2-3-6-13-10/h2-4,6,9,11H,5,7-8H2,1H3. The van der Waals surface area contributed by atoms with Gasteiger partial charge in [-0.3, -0.25) is 9.78 Å². The molecule has 0 spiro atoms. The second kappa shape index (κ2) is 4.53. The van der Waals surface area contributed by atoms with Crippen LogP contribution in [-0.2, 0) is 16.0 Å². The zero-order chi connectivity index (χ0) is 10.7. The number of nitrogens with zero attached hydrogens (tertiary/aromatic N) is 1. The van der Waals surface area contributed by atoms with E-state index in [4.69, 9.17) is 4.74 Å². The van der Waals surface area contributed by atoms with Crippen molar-refractivity contribution in [1.29, 1.82) is 0 Å². The van der Waals surface area contributed by atoms with Gasteiger partial charge in [0, 0.05) is 30.8 Å². The van der Waals surface area contributed by atoms with E-state index in [0.717, 1.165) is 12.1 Å². The average molecular weight is 205 g/mol.